The Hall–Kier alpha value is -0.770. The molecular weight excluding hydrogens is 216 g/mol. The number of amides is 1. The van der Waals surface area contributed by atoms with E-state index in [2.05, 4.69) is 11.8 Å². The van der Waals surface area contributed by atoms with E-state index in [1.807, 2.05) is 4.90 Å². The number of hydrogen-bond donors (Lipinski definition) is 0. The van der Waals surface area contributed by atoms with Gasteiger partial charge in [-0.2, -0.15) is 0 Å². The number of nitrogens with zero attached hydrogens (tertiary/aromatic N) is 2. The molecule has 0 bridgehead atoms. The molecule has 0 N–H and O–H groups in total. The highest BCUT2D eigenvalue weighted by molar-refractivity contribution is 5.71. The largest absolute Gasteiger partial charge is 0.441 e. The molecule has 2 heterocycles. The highest BCUT2D eigenvalue weighted by Crippen LogP contribution is 2.37. The Morgan fingerprint density at radius 2 is 2.06 bits per heavy atom. The molecule has 0 atom stereocenters. The van der Waals surface area contributed by atoms with Crippen molar-refractivity contribution in [1.82, 2.24) is 9.80 Å². The van der Waals surface area contributed by atoms with Crippen molar-refractivity contribution in [3.63, 3.8) is 0 Å². The van der Waals surface area contributed by atoms with Crippen molar-refractivity contribution in [2.75, 3.05) is 26.2 Å². The predicted octanol–water partition coefficient (Wildman–Crippen LogP) is 1.85. The Morgan fingerprint density at radius 3 is 2.59 bits per heavy atom. The zero-order chi connectivity index (χ0) is 11.9. The Labute approximate surface area is 103 Å². The van der Waals surface area contributed by atoms with Crippen LogP contribution in [0.4, 0.5) is 4.79 Å². The van der Waals surface area contributed by atoms with Gasteiger partial charge in [-0.15, -0.1) is 0 Å². The van der Waals surface area contributed by atoms with Crippen LogP contribution in [0, 0.1) is 0 Å². The van der Waals surface area contributed by atoms with Gasteiger partial charge in [0.15, 0.2) is 0 Å². The van der Waals surface area contributed by atoms with E-state index in [1.165, 1.54) is 19.3 Å². The Bertz CT molecular complexity index is 307. The highest BCUT2D eigenvalue weighted by Gasteiger charge is 2.49. The molecule has 3 aliphatic rings. The van der Waals surface area contributed by atoms with Gasteiger partial charge in [-0.05, 0) is 25.8 Å². The van der Waals surface area contributed by atoms with Gasteiger partial charge >= 0.3 is 6.09 Å². The maximum absolute atomic E-state index is 11.9. The lowest BCUT2D eigenvalue weighted by molar-refractivity contribution is 0.00182. The summed E-state index contributed by atoms with van der Waals surface area (Å²) >= 11 is 0. The molecule has 4 nitrogen and oxygen atoms in total. The molecule has 1 aliphatic carbocycles. The first-order valence-corrected chi connectivity index (χ1v) is 6.94. The van der Waals surface area contributed by atoms with Crippen LogP contribution in [-0.2, 0) is 4.74 Å². The minimum Gasteiger partial charge on any atom is -0.441 e. The van der Waals surface area contributed by atoms with Gasteiger partial charge in [0.1, 0.15) is 5.60 Å². The molecule has 1 spiro atoms. The van der Waals surface area contributed by atoms with Crippen LogP contribution in [-0.4, -0.2) is 53.7 Å². The van der Waals surface area contributed by atoms with Gasteiger partial charge in [-0.3, -0.25) is 0 Å². The summed E-state index contributed by atoms with van der Waals surface area (Å²) in [7, 11) is 0. The molecule has 0 unspecified atom stereocenters. The van der Waals surface area contributed by atoms with E-state index in [9.17, 15) is 4.79 Å². The fourth-order valence-corrected chi connectivity index (χ4v) is 3.16. The lowest BCUT2D eigenvalue weighted by Gasteiger charge is -2.38. The van der Waals surface area contributed by atoms with Crippen LogP contribution in [0.3, 0.4) is 0 Å². The fourth-order valence-electron chi connectivity index (χ4n) is 3.16. The second-order valence-electron chi connectivity index (χ2n) is 5.70. The molecule has 0 aromatic rings. The summed E-state index contributed by atoms with van der Waals surface area (Å²) in [6, 6.07) is 0.478. The maximum atomic E-state index is 11.9. The maximum Gasteiger partial charge on any atom is 0.410 e. The molecule has 0 aromatic heterocycles. The van der Waals surface area contributed by atoms with Crippen LogP contribution in [0.1, 0.15) is 39.0 Å². The first-order valence-electron chi connectivity index (χ1n) is 6.94. The lowest BCUT2D eigenvalue weighted by atomic mass is 9.88. The van der Waals surface area contributed by atoms with Crippen molar-refractivity contribution in [3.05, 3.63) is 0 Å². The average Bonchev–Trinajstić information content (AvgIpc) is 2.55. The topological polar surface area (TPSA) is 32.8 Å². The van der Waals surface area contributed by atoms with E-state index in [0.717, 1.165) is 39.0 Å². The summed E-state index contributed by atoms with van der Waals surface area (Å²) < 4.78 is 5.71. The van der Waals surface area contributed by atoms with Gasteiger partial charge in [0, 0.05) is 32.0 Å². The van der Waals surface area contributed by atoms with Gasteiger partial charge in [0.2, 0.25) is 0 Å². The Morgan fingerprint density at radius 1 is 1.35 bits per heavy atom. The van der Waals surface area contributed by atoms with Crippen molar-refractivity contribution < 1.29 is 9.53 Å². The minimum absolute atomic E-state index is 0.0559. The molecule has 1 amide bonds. The minimum atomic E-state index is -0.154. The third kappa shape index (κ3) is 1.92. The molecule has 4 heteroatoms. The van der Waals surface area contributed by atoms with E-state index >= 15 is 0 Å². The van der Waals surface area contributed by atoms with Gasteiger partial charge in [0.25, 0.3) is 0 Å². The van der Waals surface area contributed by atoms with Crippen LogP contribution in [0.5, 0.6) is 0 Å². The first kappa shape index (κ1) is 11.3. The van der Waals surface area contributed by atoms with Crippen molar-refractivity contribution in [2.24, 2.45) is 0 Å². The van der Waals surface area contributed by atoms with Crippen LogP contribution >= 0.6 is 0 Å². The van der Waals surface area contributed by atoms with Crippen molar-refractivity contribution in [3.8, 4) is 0 Å². The standard InChI is InChI=1S/C13H22N2O2/c1-2-14-8-6-13(7-9-14)10-15(12(16)17-13)11-4-3-5-11/h11H,2-10H2,1H3. The van der Waals surface area contributed by atoms with Crippen molar-refractivity contribution >= 4 is 6.09 Å². The summed E-state index contributed by atoms with van der Waals surface area (Å²) in [4.78, 5) is 16.3. The summed E-state index contributed by atoms with van der Waals surface area (Å²) in [6.07, 6.45) is 5.58. The third-order valence-corrected chi connectivity index (χ3v) is 4.73. The molecule has 2 aliphatic heterocycles. The SMILES string of the molecule is CCN1CCC2(CC1)CN(C1CCC1)C(=O)O2. The molecule has 3 rings (SSSR count). The van der Waals surface area contributed by atoms with Gasteiger partial charge in [-0.1, -0.05) is 6.92 Å². The number of rotatable bonds is 2. The molecule has 96 valence electrons. The van der Waals surface area contributed by atoms with Gasteiger partial charge in [0.05, 0.1) is 6.54 Å². The summed E-state index contributed by atoms with van der Waals surface area (Å²) in [5.74, 6) is 0. The van der Waals surface area contributed by atoms with E-state index in [4.69, 9.17) is 4.74 Å². The van der Waals surface area contributed by atoms with Crippen molar-refractivity contribution in [1.29, 1.82) is 0 Å². The second-order valence-corrected chi connectivity index (χ2v) is 5.70. The third-order valence-electron chi connectivity index (χ3n) is 4.73. The molecular formula is C13H22N2O2. The summed E-state index contributed by atoms with van der Waals surface area (Å²) in [5, 5.41) is 0. The van der Waals surface area contributed by atoms with E-state index in [1.54, 1.807) is 0 Å². The van der Waals surface area contributed by atoms with Crippen LogP contribution in [0.25, 0.3) is 0 Å². The summed E-state index contributed by atoms with van der Waals surface area (Å²) in [5.41, 5.74) is -0.154. The second kappa shape index (κ2) is 4.16. The van der Waals surface area contributed by atoms with E-state index < -0.39 is 0 Å². The van der Waals surface area contributed by atoms with Crippen LogP contribution < -0.4 is 0 Å². The smallest absolute Gasteiger partial charge is 0.410 e. The van der Waals surface area contributed by atoms with Crippen LogP contribution in [0.2, 0.25) is 0 Å². The summed E-state index contributed by atoms with van der Waals surface area (Å²) in [6.45, 7) is 6.29. The predicted molar refractivity (Wildman–Crippen MR) is 64.9 cm³/mol. The molecule has 0 radical (unpaired) electrons. The average molecular weight is 238 g/mol. The number of likely N-dealkylation sites (tertiary alicyclic amines) is 1. The number of hydrogen-bond acceptors (Lipinski definition) is 3. The van der Waals surface area contributed by atoms with Gasteiger partial charge in [-0.25, -0.2) is 4.79 Å². The van der Waals surface area contributed by atoms with Crippen LogP contribution in [0.15, 0.2) is 0 Å². The molecule has 0 aromatic carbocycles. The Kier molecular flexibility index (Phi) is 2.77. The first-order chi connectivity index (χ1) is 8.22. The molecule has 3 fully saturated rings. The zero-order valence-corrected chi connectivity index (χ0v) is 10.7. The number of carbonyl (C=O) groups is 1. The monoisotopic (exact) mass is 238 g/mol. The molecule has 17 heavy (non-hydrogen) atoms. The lowest BCUT2D eigenvalue weighted by Crippen LogP contribution is -2.48. The number of carbonyl (C=O) groups excluding carboxylic acids is 1. The molecule has 1 saturated carbocycles. The van der Waals surface area contributed by atoms with Crippen molar-refractivity contribution in [2.45, 2.75) is 50.7 Å². The quantitative estimate of drug-likeness (QED) is 0.736. The Balaban J connectivity index is 1.63. The fraction of sp³-hybridized carbons (Fsp3) is 0.923. The zero-order valence-electron chi connectivity index (χ0n) is 10.7. The van der Waals surface area contributed by atoms with E-state index in [0.29, 0.717) is 6.04 Å². The number of piperidine rings is 1. The van der Waals surface area contributed by atoms with Gasteiger partial charge < -0.3 is 14.5 Å². The van der Waals surface area contributed by atoms with E-state index in [-0.39, 0.29) is 11.7 Å². The normalized spacial score (nSPS) is 29.5. The molecule has 2 saturated heterocycles. The highest BCUT2D eigenvalue weighted by atomic mass is 16.6. The number of ether oxygens (including phenoxy) is 1.